The molecular formula is C30H34N6O5S. The lowest BCUT2D eigenvalue weighted by Gasteiger charge is -2.41. The molecule has 1 aromatic heterocycles. The van der Waals surface area contributed by atoms with Gasteiger partial charge in [0.25, 0.3) is 0 Å². The number of carbonyl (C=O) groups is 1. The Hall–Kier alpha value is -3.97. The van der Waals surface area contributed by atoms with E-state index in [0.29, 0.717) is 24.0 Å². The summed E-state index contributed by atoms with van der Waals surface area (Å²) >= 11 is 1.48. The SMILES string of the molecule is CCNC(=O)NCc1ccc([C@H]2O[C@@H](CSc3nnnn3-c3ccc(O)cc3)[C@@H](C)[C@@H](c3ccc(CO)cc3)O2)cc1. The third kappa shape index (κ3) is 7.08. The highest BCUT2D eigenvalue weighted by Gasteiger charge is 2.38. The number of carbonyl (C=O) groups excluding carboxylic acids is 1. The molecule has 0 saturated carbocycles. The normalized spacial score (nSPS) is 20.3. The zero-order valence-corrected chi connectivity index (χ0v) is 24.2. The molecule has 1 aliphatic rings. The number of nitrogens with one attached hydrogen (secondary N) is 2. The van der Waals surface area contributed by atoms with Crippen molar-refractivity contribution in [3.05, 3.63) is 95.1 Å². The number of phenols is 1. The summed E-state index contributed by atoms with van der Waals surface area (Å²) < 4.78 is 14.7. The van der Waals surface area contributed by atoms with Crippen molar-refractivity contribution >= 4 is 17.8 Å². The Bertz CT molecular complexity index is 1450. The summed E-state index contributed by atoms with van der Waals surface area (Å²) in [4.78, 5) is 11.8. The lowest BCUT2D eigenvalue weighted by molar-refractivity contribution is -0.268. The number of urea groups is 1. The third-order valence-electron chi connectivity index (χ3n) is 7.08. The smallest absolute Gasteiger partial charge is 0.315 e. The average Bonchev–Trinajstić information content (AvgIpc) is 3.49. The van der Waals surface area contributed by atoms with Crippen LogP contribution in [0.5, 0.6) is 5.75 Å². The highest BCUT2D eigenvalue weighted by atomic mass is 32.2. The molecule has 220 valence electrons. The highest BCUT2D eigenvalue weighted by molar-refractivity contribution is 7.99. The molecule has 0 unspecified atom stereocenters. The molecule has 0 aliphatic carbocycles. The molecule has 1 fully saturated rings. The van der Waals surface area contributed by atoms with Crippen molar-refractivity contribution in [2.45, 2.75) is 50.7 Å². The van der Waals surface area contributed by atoms with Crippen molar-refractivity contribution in [3.8, 4) is 11.4 Å². The van der Waals surface area contributed by atoms with Crippen LogP contribution in [0.25, 0.3) is 5.69 Å². The Morgan fingerprint density at radius 3 is 2.33 bits per heavy atom. The highest BCUT2D eigenvalue weighted by Crippen LogP contribution is 2.43. The predicted molar refractivity (Wildman–Crippen MR) is 157 cm³/mol. The molecule has 3 aromatic carbocycles. The van der Waals surface area contributed by atoms with Gasteiger partial charge in [-0.1, -0.05) is 67.2 Å². The lowest BCUT2D eigenvalue weighted by atomic mass is 9.91. The third-order valence-corrected chi connectivity index (χ3v) is 8.09. The monoisotopic (exact) mass is 590 g/mol. The average molecular weight is 591 g/mol. The summed E-state index contributed by atoms with van der Waals surface area (Å²) in [6.07, 6.45) is -1.08. The van der Waals surface area contributed by atoms with E-state index in [9.17, 15) is 15.0 Å². The Kier molecular flexibility index (Phi) is 9.70. The number of hydrogen-bond acceptors (Lipinski definition) is 9. The van der Waals surface area contributed by atoms with E-state index in [1.807, 2.05) is 55.5 Å². The molecule has 0 spiro atoms. The number of aromatic nitrogens is 4. The van der Waals surface area contributed by atoms with Crippen molar-refractivity contribution in [2.75, 3.05) is 12.3 Å². The van der Waals surface area contributed by atoms with Gasteiger partial charge in [-0.25, -0.2) is 4.79 Å². The number of rotatable bonds is 10. The number of aliphatic hydroxyl groups is 1. The molecule has 11 nitrogen and oxygen atoms in total. The number of aliphatic hydroxyl groups excluding tert-OH is 1. The van der Waals surface area contributed by atoms with Crippen molar-refractivity contribution in [1.29, 1.82) is 0 Å². The molecule has 1 aliphatic heterocycles. The van der Waals surface area contributed by atoms with Gasteiger partial charge in [0.05, 0.1) is 24.5 Å². The molecule has 2 amide bonds. The lowest BCUT2D eigenvalue weighted by Crippen LogP contribution is -2.38. The van der Waals surface area contributed by atoms with E-state index in [1.165, 1.54) is 11.8 Å². The van der Waals surface area contributed by atoms with Crippen LogP contribution in [-0.4, -0.2) is 54.9 Å². The molecule has 5 rings (SSSR count). The summed E-state index contributed by atoms with van der Waals surface area (Å²) in [7, 11) is 0. The first kappa shape index (κ1) is 29.5. The number of amides is 2. The topological polar surface area (TPSA) is 144 Å². The van der Waals surface area contributed by atoms with Gasteiger partial charge >= 0.3 is 6.03 Å². The molecule has 4 aromatic rings. The standard InChI is InChI=1S/C30H34N6O5S/c1-3-31-29(39)32-16-20-4-10-23(11-5-20)28-40-26(19(2)27(41-28)22-8-6-21(17-37)7-9-22)18-42-30-33-34-35-36(30)24-12-14-25(38)15-13-24/h4-15,19,26-28,37-38H,3,16-18H2,1-2H3,(H2,31,32,39)/t19-,26+,27+,28+/m1/s1. The Labute approximate surface area is 248 Å². The van der Waals surface area contributed by atoms with Gasteiger partial charge in [-0.2, -0.15) is 4.68 Å². The fourth-order valence-corrected chi connectivity index (χ4v) is 5.74. The van der Waals surface area contributed by atoms with E-state index in [4.69, 9.17) is 9.47 Å². The molecule has 0 bridgehead atoms. The second kappa shape index (κ2) is 13.8. The van der Waals surface area contributed by atoms with Gasteiger partial charge in [0.1, 0.15) is 5.75 Å². The van der Waals surface area contributed by atoms with E-state index in [2.05, 4.69) is 33.1 Å². The molecule has 0 radical (unpaired) electrons. The van der Waals surface area contributed by atoms with E-state index in [-0.39, 0.29) is 36.5 Å². The first-order valence-corrected chi connectivity index (χ1v) is 14.8. The molecule has 4 atom stereocenters. The minimum Gasteiger partial charge on any atom is -0.508 e. The van der Waals surface area contributed by atoms with Gasteiger partial charge < -0.3 is 30.3 Å². The van der Waals surface area contributed by atoms with Crippen LogP contribution in [0, 0.1) is 5.92 Å². The van der Waals surface area contributed by atoms with Crippen LogP contribution in [0.15, 0.2) is 78.0 Å². The van der Waals surface area contributed by atoms with Crippen LogP contribution in [0.3, 0.4) is 0 Å². The number of hydrogen-bond donors (Lipinski definition) is 4. The van der Waals surface area contributed by atoms with Crippen LogP contribution in [0.4, 0.5) is 4.79 Å². The van der Waals surface area contributed by atoms with Crippen molar-refractivity contribution in [2.24, 2.45) is 5.92 Å². The number of thioether (sulfide) groups is 1. The number of tetrazole rings is 1. The summed E-state index contributed by atoms with van der Waals surface area (Å²) in [5.41, 5.74) is 4.39. The maximum absolute atomic E-state index is 11.8. The number of nitrogens with zero attached hydrogens (tertiary/aromatic N) is 4. The molecule has 42 heavy (non-hydrogen) atoms. The number of ether oxygens (including phenoxy) is 2. The quantitative estimate of drug-likeness (QED) is 0.199. The second-order valence-electron chi connectivity index (χ2n) is 9.98. The van der Waals surface area contributed by atoms with E-state index in [0.717, 1.165) is 27.9 Å². The zero-order valence-electron chi connectivity index (χ0n) is 23.4. The molecule has 2 heterocycles. The van der Waals surface area contributed by atoms with Gasteiger partial charge in [-0.15, -0.1) is 5.10 Å². The number of phenolic OH excluding ortho intramolecular Hbond substituents is 1. The van der Waals surface area contributed by atoms with E-state index in [1.54, 1.807) is 28.9 Å². The maximum Gasteiger partial charge on any atom is 0.315 e. The van der Waals surface area contributed by atoms with Crippen molar-refractivity contribution < 1.29 is 24.5 Å². The second-order valence-corrected chi connectivity index (χ2v) is 11.0. The summed E-state index contributed by atoms with van der Waals surface area (Å²) in [5.74, 6) is 0.729. The summed E-state index contributed by atoms with van der Waals surface area (Å²) in [6, 6.07) is 22.1. The van der Waals surface area contributed by atoms with Crippen molar-refractivity contribution in [3.63, 3.8) is 0 Å². The predicted octanol–water partition coefficient (Wildman–Crippen LogP) is 4.26. The largest absolute Gasteiger partial charge is 0.508 e. The molecule has 1 saturated heterocycles. The maximum atomic E-state index is 11.8. The van der Waals surface area contributed by atoms with Gasteiger partial charge in [-0.05, 0) is 58.3 Å². The van der Waals surface area contributed by atoms with Crippen LogP contribution in [0.1, 0.15) is 48.5 Å². The fourth-order valence-electron chi connectivity index (χ4n) is 4.69. The Balaban J connectivity index is 1.34. The Morgan fingerprint density at radius 1 is 0.952 bits per heavy atom. The van der Waals surface area contributed by atoms with E-state index >= 15 is 0 Å². The van der Waals surface area contributed by atoms with Crippen LogP contribution >= 0.6 is 11.8 Å². The van der Waals surface area contributed by atoms with Crippen molar-refractivity contribution in [1.82, 2.24) is 30.8 Å². The zero-order chi connectivity index (χ0) is 29.5. The molecule has 12 heteroatoms. The van der Waals surface area contributed by atoms with Gasteiger partial charge in [-0.3, -0.25) is 0 Å². The Morgan fingerprint density at radius 2 is 1.64 bits per heavy atom. The van der Waals surface area contributed by atoms with E-state index < -0.39 is 6.29 Å². The summed E-state index contributed by atoms with van der Waals surface area (Å²) in [5, 5.41) is 37.5. The van der Waals surface area contributed by atoms with Gasteiger partial charge in [0, 0.05) is 30.3 Å². The number of benzene rings is 3. The number of aromatic hydroxyl groups is 1. The fraction of sp³-hybridized carbons (Fsp3) is 0.333. The molecular weight excluding hydrogens is 556 g/mol. The molecule has 4 N–H and O–H groups in total. The van der Waals surface area contributed by atoms with Gasteiger partial charge in [0.2, 0.25) is 5.16 Å². The van der Waals surface area contributed by atoms with Gasteiger partial charge in [0.15, 0.2) is 6.29 Å². The summed E-state index contributed by atoms with van der Waals surface area (Å²) in [6.45, 7) is 4.92. The van der Waals surface area contributed by atoms with Crippen LogP contribution in [-0.2, 0) is 22.6 Å². The first-order valence-electron chi connectivity index (χ1n) is 13.8. The minimum absolute atomic E-state index is 0.00715. The van der Waals surface area contributed by atoms with Crippen LogP contribution in [0.2, 0.25) is 0 Å². The minimum atomic E-state index is -0.618. The van der Waals surface area contributed by atoms with Crippen LogP contribution < -0.4 is 10.6 Å². The first-order chi connectivity index (χ1) is 20.4.